The Balaban J connectivity index is 1.62. The van der Waals surface area contributed by atoms with Crippen molar-refractivity contribution >= 4 is 11.6 Å². The maximum absolute atomic E-state index is 5.75. The van der Waals surface area contributed by atoms with Crippen LogP contribution in [0.4, 0.5) is 11.6 Å². The van der Waals surface area contributed by atoms with E-state index in [1.165, 1.54) is 11.1 Å². The van der Waals surface area contributed by atoms with Gasteiger partial charge in [-0.15, -0.1) is 0 Å². The second-order valence-electron chi connectivity index (χ2n) is 5.48. The summed E-state index contributed by atoms with van der Waals surface area (Å²) in [4.78, 5) is 8.70. The molecule has 1 aliphatic rings. The second kappa shape index (κ2) is 7.33. The van der Waals surface area contributed by atoms with Crippen LogP contribution in [0.15, 0.2) is 36.7 Å². The standard InChI is InChI=1S/C17H22N4O/c1-2-3-13-10-19-17(20-11-13)21-15-6-4-14(5-7-15)16-12-18-8-9-22-16/h4-7,10-11,16,18H,2-3,8-9,12H2,1H3,(H,19,20,21). The number of ether oxygens (including phenoxy) is 1. The monoisotopic (exact) mass is 298 g/mol. The second-order valence-corrected chi connectivity index (χ2v) is 5.48. The van der Waals surface area contributed by atoms with Crippen LogP contribution in [0.1, 0.15) is 30.6 Å². The summed E-state index contributed by atoms with van der Waals surface area (Å²) in [6, 6.07) is 8.25. The lowest BCUT2D eigenvalue weighted by molar-refractivity contribution is 0.0277. The Labute approximate surface area is 131 Å². The van der Waals surface area contributed by atoms with Gasteiger partial charge in [-0.2, -0.15) is 0 Å². The molecule has 0 amide bonds. The number of benzene rings is 1. The van der Waals surface area contributed by atoms with Crippen LogP contribution < -0.4 is 10.6 Å². The van der Waals surface area contributed by atoms with E-state index in [1.807, 2.05) is 24.5 Å². The fraction of sp³-hybridized carbons (Fsp3) is 0.412. The van der Waals surface area contributed by atoms with Crippen molar-refractivity contribution in [3.05, 3.63) is 47.8 Å². The van der Waals surface area contributed by atoms with Crippen molar-refractivity contribution in [2.75, 3.05) is 25.0 Å². The lowest BCUT2D eigenvalue weighted by atomic mass is 10.1. The molecule has 1 atom stereocenters. The van der Waals surface area contributed by atoms with Gasteiger partial charge in [-0.25, -0.2) is 9.97 Å². The zero-order valence-corrected chi connectivity index (χ0v) is 12.9. The Bertz CT molecular complexity index is 577. The Morgan fingerprint density at radius 3 is 2.64 bits per heavy atom. The number of morpholine rings is 1. The van der Waals surface area contributed by atoms with Gasteiger partial charge < -0.3 is 15.4 Å². The Morgan fingerprint density at radius 1 is 1.23 bits per heavy atom. The van der Waals surface area contributed by atoms with Crippen LogP contribution >= 0.6 is 0 Å². The number of aryl methyl sites for hydroxylation is 1. The van der Waals surface area contributed by atoms with E-state index in [4.69, 9.17) is 4.74 Å². The molecule has 1 aromatic heterocycles. The van der Waals surface area contributed by atoms with Gasteiger partial charge in [0, 0.05) is 31.2 Å². The highest BCUT2D eigenvalue weighted by Crippen LogP contribution is 2.21. The molecular weight excluding hydrogens is 276 g/mol. The SMILES string of the molecule is CCCc1cnc(Nc2ccc(C3CNCCO3)cc2)nc1. The summed E-state index contributed by atoms with van der Waals surface area (Å²) in [5.74, 6) is 0.628. The first-order chi connectivity index (χ1) is 10.8. The molecule has 0 bridgehead atoms. The lowest BCUT2D eigenvalue weighted by Crippen LogP contribution is -2.33. The normalized spacial score (nSPS) is 18.1. The van der Waals surface area contributed by atoms with Crippen LogP contribution in [0.3, 0.4) is 0 Å². The number of nitrogens with zero attached hydrogens (tertiary/aromatic N) is 2. The zero-order valence-electron chi connectivity index (χ0n) is 12.9. The maximum Gasteiger partial charge on any atom is 0.227 e. The molecule has 5 heteroatoms. The van der Waals surface area contributed by atoms with Crippen LogP contribution in [0.25, 0.3) is 0 Å². The summed E-state index contributed by atoms with van der Waals surface area (Å²) in [5, 5.41) is 6.57. The summed E-state index contributed by atoms with van der Waals surface area (Å²) < 4.78 is 5.75. The third kappa shape index (κ3) is 3.81. The van der Waals surface area contributed by atoms with Crippen molar-refractivity contribution in [1.29, 1.82) is 0 Å². The fourth-order valence-electron chi connectivity index (χ4n) is 2.53. The number of aromatic nitrogens is 2. The van der Waals surface area contributed by atoms with E-state index in [0.29, 0.717) is 5.95 Å². The molecule has 22 heavy (non-hydrogen) atoms. The third-order valence-electron chi connectivity index (χ3n) is 3.71. The molecule has 1 aromatic carbocycles. The lowest BCUT2D eigenvalue weighted by Gasteiger charge is -2.24. The highest BCUT2D eigenvalue weighted by Gasteiger charge is 2.15. The van der Waals surface area contributed by atoms with Gasteiger partial charge in [0.05, 0.1) is 12.7 Å². The van der Waals surface area contributed by atoms with Crippen LogP contribution in [-0.2, 0) is 11.2 Å². The molecule has 2 N–H and O–H groups in total. The van der Waals surface area contributed by atoms with Gasteiger partial charge in [-0.3, -0.25) is 0 Å². The van der Waals surface area contributed by atoms with Gasteiger partial charge >= 0.3 is 0 Å². The molecule has 1 aliphatic heterocycles. The summed E-state index contributed by atoms with van der Waals surface area (Å²) >= 11 is 0. The van der Waals surface area contributed by atoms with E-state index in [2.05, 4.69) is 39.7 Å². The first-order valence-electron chi connectivity index (χ1n) is 7.85. The van der Waals surface area contributed by atoms with E-state index in [-0.39, 0.29) is 6.10 Å². The van der Waals surface area contributed by atoms with Crippen molar-refractivity contribution < 1.29 is 4.74 Å². The summed E-state index contributed by atoms with van der Waals surface area (Å²) in [6.45, 7) is 4.72. The maximum atomic E-state index is 5.75. The van der Waals surface area contributed by atoms with Crippen LogP contribution in [0, 0.1) is 0 Å². The number of anilines is 2. The molecule has 3 rings (SSSR count). The van der Waals surface area contributed by atoms with Crippen LogP contribution in [-0.4, -0.2) is 29.7 Å². The number of nitrogens with one attached hydrogen (secondary N) is 2. The number of hydrogen-bond acceptors (Lipinski definition) is 5. The summed E-state index contributed by atoms with van der Waals surface area (Å²) in [5.41, 5.74) is 3.35. The van der Waals surface area contributed by atoms with Gasteiger partial charge in [-0.05, 0) is 29.7 Å². The predicted molar refractivity (Wildman–Crippen MR) is 87.3 cm³/mol. The largest absolute Gasteiger partial charge is 0.371 e. The molecule has 0 spiro atoms. The third-order valence-corrected chi connectivity index (χ3v) is 3.71. The number of hydrogen-bond donors (Lipinski definition) is 2. The van der Waals surface area contributed by atoms with Gasteiger partial charge in [-0.1, -0.05) is 25.5 Å². The van der Waals surface area contributed by atoms with Crippen molar-refractivity contribution in [1.82, 2.24) is 15.3 Å². The van der Waals surface area contributed by atoms with Gasteiger partial charge in [0.2, 0.25) is 5.95 Å². The average molecular weight is 298 g/mol. The first-order valence-corrected chi connectivity index (χ1v) is 7.85. The molecule has 2 heterocycles. The Morgan fingerprint density at radius 2 is 2.00 bits per heavy atom. The smallest absolute Gasteiger partial charge is 0.227 e. The molecule has 0 saturated carbocycles. The van der Waals surface area contributed by atoms with Gasteiger partial charge in [0.25, 0.3) is 0 Å². The summed E-state index contributed by atoms with van der Waals surface area (Å²) in [6.07, 6.45) is 6.04. The fourth-order valence-corrected chi connectivity index (χ4v) is 2.53. The Hall–Kier alpha value is -1.98. The molecule has 116 valence electrons. The van der Waals surface area contributed by atoms with E-state index >= 15 is 0 Å². The minimum Gasteiger partial charge on any atom is -0.371 e. The van der Waals surface area contributed by atoms with Crippen molar-refractivity contribution in [2.45, 2.75) is 25.9 Å². The van der Waals surface area contributed by atoms with Crippen LogP contribution in [0.5, 0.6) is 0 Å². The van der Waals surface area contributed by atoms with Crippen molar-refractivity contribution in [3.8, 4) is 0 Å². The van der Waals surface area contributed by atoms with Crippen molar-refractivity contribution in [3.63, 3.8) is 0 Å². The molecule has 2 aromatic rings. The quantitative estimate of drug-likeness (QED) is 0.889. The topological polar surface area (TPSA) is 59.1 Å². The zero-order chi connectivity index (χ0) is 15.2. The predicted octanol–water partition coefficient (Wildman–Crippen LogP) is 2.83. The molecule has 0 aliphatic carbocycles. The first kappa shape index (κ1) is 14.9. The van der Waals surface area contributed by atoms with E-state index in [0.717, 1.165) is 38.2 Å². The summed E-state index contributed by atoms with van der Waals surface area (Å²) in [7, 11) is 0. The minimum atomic E-state index is 0.146. The van der Waals surface area contributed by atoms with E-state index in [1.54, 1.807) is 0 Å². The molecule has 1 fully saturated rings. The highest BCUT2D eigenvalue weighted by molar-refractivity contribution is 5.53. The average Bonchev–Trinajstić information content (AvgIpc) is 2.58. The van der Waals surface area contributed by atoms with E-state index < -0.39 is 0 Å². The molecule has 1 unspecified atom stereocenters. The van der Waals surface area contributed by atoms with Crippen LogP contribution in [0.2, 0.25) is 0 Å². The molecule has 5 nitrogen and oxygen atoms in total. The van der Waals surface area contributed by atoms with Crippen molar-refractivity contribution in [2.24, 2.45) is 0 Å². The molecular formula is C17H22N4O. The molecule has 1 saturated heterocycles. The molecule has 0 radical (unpaired) electrons. The van der Waals surface area contributed by atoms with Gasteiger partial charge in [0.15, 0.2) is 0 Å². The van der Waals surface area contributed by atoms with E-state index in [9.17, 15) is 0 Å². The minimum absolute atomic E-state index is 0.146. The van der Waals surface area contributed by atoms with Gasteiger partial charge in [0.1, 0.15) is 0 Å². The highest BCUT2D eigenvalue weighted by atomic mass is 16.5. The number of rotatable bonds is 5. The Kier molecular flexibility index (Phi) is 4.98.